The Morgan fingerprint density at radius 2 is 1.65 bits per heavy atom. The lowest BCUT2D eigenvalue weighted by atomic mass is 10.0. The summed E-state index contributed by atoms with van der Waals surface area (Å²) in [6, 6.07) is 12.2. The number of aromatic nitrogens is 3. The molecule has 158 valence electrons. The number of hydrogen-bond acceptors (Lipinski definition) is 6. The molecule has 0 amide bonds. The van der Waals surface area contributed by atoms with Crippen LogP contribution < -0.4 is 14.4 Å². The van der Waals surface area contributed by atoms with Crippen molar-refractivity contribution in [2.75, 3.05) is 45.4 Å². The fraction of sp³-hybridized carbons (Fsp3) is 0.250. The smallest absolute Gasteiger partial charge is 0.161 e. The molecule has 0 aliphatic carbocycles. The van der Waals surface area contributed by atoms with E-state index in [1.54, 1.807) is 14.2 Å². The normalized spacial score (nSPS) is 14.1. The zero-order valence-corrected chi connectivity index (χ0v) is 17.6. The van der Waals surface area contributed by atoms with E-state index < -0.39 is 0 Å². The maximum absolute atomic E-state index is 5.47. The number of morpholine rings is 1. The third-order valence-electron chi connectivity index (χ3n) is 5.64. The number of aromatic amines is 1. The van der Waals surface area contributed by atoms with Crippen molar-refractivity contribution in [3.8, 4) is 33.8 Å². The lowest BCUT2D eigenvalue weighted by molar-refractivity contribution is 0.122. The van der Waals surface area contributed by atoms with E-state index in [1.807, 2.05) is 36.8 Å². The van der Waals surface area contributed by atoms with Crippen LogP contribution in [-0.2, 0) is 4.74 Å². The van der Waals surface area contributed by atoms with E-state index in [2.05, 4.69) is 38.1 Å². The van der Waals surface area contributed by atoms with Gasteiger partial charge in [0.15, 0.2) is 11.5 Å². The van der Waals surface area contributed by atoms with Crippen LogP contribution in [0, 0.1) is 0 Å². The van der Waals surface area contributed by atoms with Gasteiger partial charge in [-0.15, -0.1) is 0 Å². The zero-order valence-electron chi connectivity index (χ0n) is 17.6. The summed E-state index contributed by atoms with van der Waals surface area (Å²) in [5, 5.41) is 1.04. The molecule has 4 heterocycles. The molecule has 1 aliphatic heterocycles. The molecule has 0 spiro atoms. The highest BCUT2D eigenvalue weighted by atomic mass is 16.5. The van der Waals surface area contributed by atoms with Crippen LogP contribution in [0.15, 0.2) is 55.0 Å². The van der Waals surface area contributed by atoms with Crippen molar-refractivity contribution in [2.45, 2.75) is 0 Å². The second kappa shape index (κ2) is 8.28. The number of anilines is 1. The van der Waals surface area contributed by atoms with Crippen LogP contribution in [0.1, 0.15) is 0 Å². The van der Waals surface area contributed by atoms with Crippen LogP contribution in [0.5, 0.6) is 11.5 Å². The maximum Gasteiger partial charge on any atom is 0.161 e. The fourth-order valence-corrected chi connectivity index (χ4v) is 3.94. The standard InChI is InChI=1S/C24H24N4O3/c1-29-21-5-3-16(12-22(21)30-2)20-15-27-24-19(20)11-18(14-26-24)17-4-6-23(25-13-17)28-7-9-31-10-8-28/h3-6,11-15H,7-10H2,1-2H3,(H,26,27). The Balaban J connectivity index is 1.49. The summed E-state index contributed by atoms with van der Waals surface area (Å²) in [6.07, 6.45) is 5.77. The number of fused-ring (bicyclic) bond motifs is 1. The Hall–Kier alpha value is -3.58. The molecule has 0 atom stereocenters. The summed E-state index contributed by atoms with van der Waals surface area (Å²) < 4.78 is 16.3. The van der Waals surface area contributed by atoms with E-state index in [0.29, 0.717) is 11.5 Å². The molecule has 3 aromatic heterocycles. The van der Waals surface area contributed by atoms with Gasteiger partial charge < -0.3 is 24.1 Å². The van der Waals surface area contributed by atoms with Crippen molar-refractivity contribution in [1.29, 1.82) is 0 Å². The van der Waals surface area contributed by atoms with E-state index in [1.165, 1.54) is 0 Å². The molecular formula is C24H24N4O3. The molecule has 0 radical (unpaired) electrons. The monoisotopic (exact) mass is 416 g/mol. The molecule has 1 saturated heterocycles. The molecule has 0 bridgehead atoms. The zero-order chi connectivity index (χ0) is 21.2. The van der Waals surface area contributed by atoms with Gasteiger partial charge in [0.05, 0.1) is 27.4 Å². The van der Waals surface area contributed by atoms with Crippen LogP contribution in [-0.4, -0.2) is 55.5 Å². The third kappa shape index (κ3) is 3.68. The summed E-state index contributed by atoms with van der Waals surface area (Å²) in [7, 11) is 3.28. The molecule has 7 heteroatoms. The lowest BCUT2D eigenvalue weighted by Crippen LogP contribution is -2.36. The van der Waals surface area contributed by atoms with Crippen molar-refractivity contribution in [1.82, 2.24) is 15.0 Å². The van der Waals surface area contributed by atoms with Crippen LogP contribution in [0.25, 0.3) is 33.3 Å². The highest BCUT2D eigenvalue weighted by Gasteiger charge is 2.14. The van der Waals surface area contributed by atoms with Gasteiger partial charge >= 0.3 is 0 Å². The number of rotatable bonds is 5. The Bertz CT molecular complexity index is 1200. The minimum atomic E-state index is 0.696. The van der Waals surface area contributed by atoms with E-state index in [0.717, 1.165) is 65.4 Å². The van der Waals surface area contributed by atoms with E-state index >= 15 is 0 Å². The highest BCUT2D eigenvalue weighted by Crippen LogP contribution is 2.36. The first-order valence-electron chi connectivity index (χ1n) is 10.3. The molecule has 5 rings (SSSR count). The first-order chi connectivity index (χ1) is 15.3. The number of nitrogens with one attached hydrogen (secondary N) is 1. The molecule has 4 aromatic rings. The Morgan fingerprint density at radius 3 is 2.39 bits per heavy atom. The third-order valence-corrected chi connectivity index (χ3v) is 5.64. The first-order valence-corrected chi connectivity index (χ1v) is 10.3. The number of hydrogen-bond donors (Lipinski definition) is 1. The van der Waals surface area contributed by atoms with Gasteiger partial charge in [0.2, 0.25) is 0 Å². The summed E-state index contributed by atoms with van der Waals surface area (Å²) in [6.45, 7) is 3.24. The predicted molar refractivity (Wildman–Crippen MR) is 121 cm³/mol. The van der Waals surface area contributed by atoms with Crippen molar-refractivity contribution in [3.05, 3.63) is 55.0 Å². The van der Waals surface area contributed by atoms with Gasteiger partial charge in [0, 0.05) is 53.8 Å². The molecule has 7 nitrogen and oxygen atoms in total. The van der Waals surface area contributed by atoms with Gasteiger partial charge in [0.1, 0.15) is 11.5 Å². The summed E-state index contributed by atoms with van der Waals surface area (Å²) >= 11 is 0. The number of methoxy groups -OCH3 is 2. The van der Waals surface area contributed by atoms with Gasteiger partial charge in [-0.1, -0.05) is 6.07 Å². The van der Waals surface area contributed by atoms with Gasteiger partial charge in [-0.2, -0.15) is 0 Å². The van der Waals surface area contributed by atoms with Crippen molar-refractivity contribution in [3.63, 3.8) is 0 Å². The summed E-state index contributed by atoms with van der Waals surface area (Å²) in [4.78, 5) is 14.8. The molecular weight excluding hydrogens is 392 g/mol. The number of pyridine rings is 2. The molecule has 1 N–H and O–H groups in total. The second-order valence-electron chi connectivity index (χ2n) is 7.40. The average Bonchev–Trinajstić information content (AvgIpc) is 3.27. The van der Waals surface area contributed by atoms with Crippen LogP contribution in [0.3, 0.4) is 0 Å². The van der Waals surface area contributed by atoms with Gasteiger partial charge in [-0.05, 0) is 35.9 Å². The van der Waals surface area contributed by atoms with Crippen LogP contribution in [0.2, 0.25) is 0 Å². The SMILES string of the molecule is COc1ccc(-c2c[nH]c3ncc(-c4ccc(N5CCOCC5)nc4)cc23)cc1OC. The van der Waals surface area contributed by atoms with Crippen molar-refractivity contribution >= 4 is 16.9 Å². The van der Waals surface area contributed by atoms with Gasteiger partial charge in [-0.25, -0.2) is 9.97 Å². The number of ether oxygens (including phenoxy) is 3. The van der Waals surface area contributed by atoms with Crippen molar-refractivity contribution < 1.29 is 14.2 Å². The first kappa shape index (κ1) is 19.4. The predicted octanol–water partition coefficient (Wildman–Crippen LogP) is 4.15. The number of nitrogens with zero attached hydrogens (tertiary/aromatic N) is 3. The molecule has 31 heavy (non-hydrogen) atoms. The van der Waals surface area contributed by atoms with Gasteiger partial charge in [0.25, 0.3) is 0 Å². The Labute approximate surface area is 180 Å². The molecule has 1 aliphatic rings. The van der Waals surface area contributed by atoms with Crippen molar-refractivity contribution in [2.24, 2.45) is 0 Å². The minimum absolute atomic E-state index is 0.696. The molecule has 1 fully saturated rings. The highest BCUT2D eigenvalue weighted by molar-refractivity contribution is 5.96. The van der Waals surface area contributed by atoms with Crippen LogP contribution >= 0.6 is 0 Å². The topological polar surface area (TPSA) is 72.5 Å². The summed E-state index contributed by atoms with van der Waals surface area (Å²) in [5.41, 5.74) is 4.99. The quantitative estimate of drug-likeness (QED) is 0.527. The molecule has 0 unspecified atom stereocenters. The van der Waals surface area contributed by atoms with E-state index in [4.69, 9.17) is 14.2 Å². The minimum Gasteiger partial charge on any atom is -0.493 e. The summed E-state index contributed by atoms with van der Waals surface area (Å²) in [5.74, 6) is 2.38. The number of benzene rings is 1. The average molecular weight is 416 g/mol. The second-order valence-corrected chi connectivity index (χ2v) is 7.40. The Morgan fingerprint density at radius 1 is 0.871 bits per heavy atom. The van der Waals surface area contributed by atoms with E-state index in [-0.39, 0.29) is 0 Å². The largest absolute Gasteiger partial charge is 0.493 e. The molecule has 0 saturated carbocycles. The van der Waals surface area contributed by atoms with E-state index in [9.17, 15) is 0 Å². The maximum atomic E-state index is 5.47. The number of H-pyrrole nitrogens is 1. The fourth-order valence-electron chi connectivity index (χ4n) is 3.94. The molecule has 1 aromatic carbocycles. The van der Waals surface area contributed by atoms with Gasteiger partial charge in [-0.3, -0.25) is 0 Å². The van der Waals surface area contributed by atoms with Crippen LogP contribution in [0.4, 0.5) is 5.82 Å². The Kier molecular flexibility index (Phi) is 5.18. The lowest BCUT2D eigenvalue weighted by Gasteiger charge is -2.27.